The molecule has 27 heavy (non-hydrogen) atoms. The van der Waals surface area contributed by atoms with Crippen molar-refractivity contribution in [2.24, 2.45) is 0 Å². The van der Waals surface area contributed by atoms with Crippen molar-refractivity contribution in [3.63, 3.8) is 0 Å². The minimum atomic E-state index is -0.406. The predicted octanol–water partition coefficient (Wildman–Crippen LogP) is 3.70. The Bertz CT molecular complexity index is 1170. The molecular formula is C19H18N6O2. The van der Waals surface area contributed by atoms with Crippen molar-refractivity contribution in [2.45, 2.75) is 19.9 Å². The maximum Gasteiger partial charge on any atom is 0.280 e. The van der Waals surface area contributed by atoms with E-state index in [1.807, 2.05) is 36.2 Å². The summed E-state index contributed by atoms with van der Waals surface area (Å²) in [5, 5.41) is 21.0. The predicted molar refractivity (Wildman–Crippen MR) is 104 cm³/mol. The molecule has 8 heteroatoms. The van der Waals surface area contributed by atoms with E-state index < -0.39 is 4.92 Å². The average molecular weight is 362 g/mol. The first-order valence-corrected chi connectivity index (χ1v) is 8.59. The summed E-state index contributed by atoms with van der Waals surface area (Å²) in [4.78, 5) is 17.9. The maximum atomic E-state index is 11.5. The summed E-state index contributed by atoms with van der Waals surface area (Å²) >= 11 is 0. The molecule has 0 aliphatic carbocycles. The van der Waals surface area contributed by atoms with Crippen LogP contribution in [-0.2, 0) is 0 Å². The molecule has 2 heterocycles. The van der Waals surface area contributed by atoms with Crippen LogP contribution in [0.25, 0.3) is 27.9 Å². The molecule has 4 rings (SSSR count). The van der Waals surface area contributed by atoms with E-state index in [1.54, 1.807) is 22.6 Å². The third-order valence-electron chi connectivity index (χ3n) is 4.66. The lowest BCUT2D eigenvalue weighted by molar-refractivity contribution is -0.384. The minimum absolute atomic E-state index is 0.0156. The van der Waals surface area contributed by atoms with E-state index in [0.29, 0.717) is 23.0 Å². The monoisotopic (exact) mass is 362 g/mol. The molecule has 0 unspecified atom stereocenters. The Balaban J connectivity index is 2.13. The van der Waals surface area contributed by atoms with Gasteiger partial charge in [-0.25, -0.2) is 9.38 Å². The van der Waals surface area contributed by atoms with Gasteiger partial charge in [-0.1, -0.05) is 24.3 Å². The highest BCUT2D eigenvalue weighted by Gasteiger charge is 2.24. The molecule has 0 bridgehead atoms. The molecule has 0 atom stereocenters. The number of benzene rings is 2. The Labute approximate surface area is 155 Å². The first-order chi connectivity index (χ1) is 13.0. The Morgan fingerprint density at radius 3 is 2.52 bits per heavy atom. The molecule has 0 fully saturated rings. The summed E-state index contributed by atoms with van der Waals surface area (Å²) in [5.74, 6) is 1.04. The molecule has 0 saturated carbocycles. The van der Waals surface area contributed by atoms with E-state index in [1.165, 1.54) is 6.07 Å². The molecule has 8 nitrogen and oxygen atoms in total. The smallest absolute Gasteiger partial charge is 0.280 e. The third kappa shape index (κ3) is 2.66. The maximum absolute atomic E-state index is 11.5. The van der Waals surface area contributed by atoms with E-state index in [-0.39, 0.29) is 11.7 Å². The molecule has 2 aromatic carbocycles. The number of nitro benzene ring substituents is 1. The van der Waals surface area contributed by atoms with Gasteiger partial charge >= 0.3 is 0 Å². The SMILES string of the molecule is CC(C)N(C)c1nc2ccccc2c2nnc(-c3ccccc3[N+](=O)[O-])n12. The third-order valence-corrected chi connectivity index (χ3v) is 4.66. The van der Waals surface area contributed by atoms with Gasteiger partial charge < -0.3 is 4.90 Å². The van der Waals surface area contributed by atoms with Gasteiger partial charge in [0.2, 0.25) is 5.95 Å². The van der Waals surface area contributed by atoms with E-state index in [9.17, 15) is 10.1 Å². The molecule has 136 valence electrons. The van der Waals surface area contributed by atoms with Crippen molar-refractivity contribution in [2.75, 3.05) is 11.9 Å². The fourth-order valence-electron chi connectivity index (χ4n) is 3.03. The Hall–Kier alpha value is -3.55. The first kappa shape index (κ1) is 16.9. The van der Waals surface area contributed by atoms with Crippen molar-refractivity contribution in [3.8, 4) is 11.4 Å². The standard InChI is InChI=1S/C19H18N6O2/c1-12(2)23(3)19-20-15-10-6-4-8-13(15)17-21-22-18(24(17)19)14-9-5-7-11-16(14)25(26)27/h4-12H,1-3H3. The van der Waals surface area contributed by atoms with Crippen molar-refractivity contribution < 1.29 is 4.92 Å². The molecule has 0 aliphatic rings. The largest absolute Gasteiger partial charge is 0.342 e. The highest BCUT2D eigenvalue weighted by molar-refractivity contribution is 5.93. The van der Waals surface area contributed by atoms with Gasteiger partial charge in [0.15, 0.2) is 11.5 Å². The van der Waals surface area contributed by atoms with Crippen LogP contribution < -0.4 is 4.90 Å². The quantitative estimate of drug-likeness (QED) is 0.406. The number of rotatable bonds is 4. The van der Waals surface area contributed by atoms with Crippen LogP contribution >= 0.6 is 0 Å². The second kappa shape index (κ2) is 6.31. The van der Waals surface area contributed by atoms with Crippen LogP contribution in [0.2, 0.25) is 0 Å². The highest BCUT2D eigenvalue weighted by atomic mass is 16.6. The molecule has 0 spiro atoms. The number of anilines is 1. The Morgan fingerprint density at radius 2 is 1.78 bits per heavy atom. The molecule has 0 amide bonds. The van der Waals surface area contributed by atoms with Crippen molar-refractivity contribution >= 4 is 28.2 Å². The molecule has 0 radical (unpaired) electrons. The molecular weight excluding hydrogens is 344 g/mol. The minimum Gasteiger partial charge on any atom is -0.342 e. The van der Waals surface area contributed by atoms with Gasteiger partial charge in [0.05, 0.1) is 16.0 Å². The van der Waals surface area contributed by atoms with Crippen molar-refractivity contribution in [3.05, 3.63) is 58.6 Å². The van der Waals surface area contributed by atoms with Gasteiger partial charge in [0, 0.05) is 24.5 Å². The fourth-order valence-corrected chi connectivity index (χ4v) is 3.03. The van der Waals surface area contributed by atoms with Crippen LogP contribution in [0.3, 0.4) is 0 Å². The summed E-state index contributed by atoms with van der Waals surface area (Å²) < 4.78 is 1.80. The summed E-state index contributed by atoms with van der Waals surface area (Å²) in [6.07, 6.45) is 0. The number of nitro groups is 1. The summed E-state index contributed by atoms with van der Waals surface area (Å²) in [5.41, 5.74) is 1.81. The lowest BCUT2D eigenvalue weighted by Gasteiger charge is -2.24. The van der Waals surface area contributed by atoms with Crippen LogP contribution in [0, 0.1) is 10.1 Å². The zero-order valence-electron chi connectivity index (χ0n) is 15.2. The Morgan fingerprint density at radius 1 is 1.07 bits per heavy atom. The molecule has 0 aliphatic heterocycles. The fraction of sp³-hybridized carbons (Fsp3) is 0.211. The van der Waals surface area contributed by atoms with Gasteiger partial charge in [-0.2, -0.15) is 0 Å². The van der Waals surface area contributed by atoms with Gasteiger partial charge in [-0.05, 0) is 32.0 Å². The number of hydrogen-bond donors (Lipinski definition) is 0. The summed E-state index contributed by atoms with van der Waals surface area (Å²) in [7, 11) is 1.93. The van der Waals surface area contributed by atoms with Gasteiger partial charge in [-0.15, -0.1) is 10.2 Å². The number of hydrogen-bond acceptors (Lipinski definition) is 6. The molecule has 0 saturated heterocycles. The van der Waals surface area contributed by atoms with E-state index >= 15 is 0 Å². The van der Waals surface area contributed by atoms with Gasteiger partial charge in [0.1, 0.15) is 0 Å². The van der Waals surface area contributed by atoms with Crippen molar-refractivity contribution in [1.82, 2.24) is 19.6 Å². The zero-order valence-corrected chi connectivity index (χ0v) is 15.2. The first-order valence-electron chi connectivity index (χ1n) is 8.59. The van der Waals surface area contributed by atoms with Crippen LogP contribution in [0.15, 0.2) is 48.5 Å². The lowest BCUT2D eigenvalue weighted by Crippen LogP contribution is -2.28. The number of aromatic nitrogens is 4. The van der Waals surface area contributed by atoms with Crippen LogP contribution in [0.5, 0.6) is 0 Å². The molecule has 4 aromatic rings. The lowest BCUT2D eigenvalue weighted by atomic mass is 10.1. The van der Waals surface area contributed by atoms with Crippen molar-refractivity contribution in [1.29, 1.82) is 0 Å². The molecule has 2 aromatic heterocycles. The molecule has 0 N–H and O–H groups in total. The summed E-state index contributed by atoms with van der Waals surface area (Å²) in [6, 6.07) is 14.4. The van der Waals surface area contributed by atoms with E-state index in [4.69, 9.17) is 4.98 Å². The van der Waals surface area contributed by atoms with Crippen LogP contribution in [0.4, 0.5) is 11.6 Å². The summed E-state index contributed by atoms with van der Waals surface area (Å²) in [6.45, 7) is 4.11. The Kier molecular flexibility index (Phi) is 3.95. The van der Waals surface area contributed by atoms with E-state index in [2.05, 4.69) is 24.0 Å². The topological polar surface area (TPSA) is 89.5 Å². The average Bonchev–Trinajstić information content (AvgIpc) is 3.12. The van der Waals surface area contributed by atoms with Gasteiger partial charge in [0.25, 0.3) is 5.69 Å². The van der Waals surface area contributed by atoms with E-state index in [0.717, 1.165) is 10.9 Å². The second-order valence-electron chi connectivity index (χ2n) is 6.59. The number of fused-ring (bicyclic) bond motifs is 3. The van der Waals surface area contributed by atoms with Crippen LogP contribution in [0.1, 0.15) is 13.8 Å². The second-order valence-corrected chi connectivity index (χ2v) is 6.59. The normalized spacial score (nSPS) is 11.4. The van der Waals surface area contributed by atoms with Gasteiger partial charge in [-0.3, -0.25) is 10.1 Å². The number of para-hydroxylation sites is 2. The van der Waals surface area contributed by atoms with Crippen LogP contribution in [-0.4, -0.2) is 37.6 Å². The highest BCUT2D eigenvalue weighted by Crippen LogP contribution is 2.32. The number of nitrogens with zero attached hydrogens (tertiary/aromatic N) is 6. The zero-order chi connectivity index (χ0) is 19.1.